The zero-order valence-corrected chi connectivity index (χ0v) is 16.2. The van der Waals surface area contributed by atoms with Crippen molar-refractivity contribution < 1.29 is 65.4 Å². The van der Waals surface area contributed by atoms with Crippen molar-refractivity contribution in [3.8, 4) is 9.75 Å². The normalized spacial score (nSPS) is 11.1. The minimum atomic E-state index is 0. The second-order valence-electron chi connectivity index (χ2n) is 2.45. The van der Waals surface area contributed by atoms with Crippen molar-refractivity contribution in [2.45, 2.75) is 0 Å². The minimum absolute atomic E-state index is 0. The molecule has 0 fully saturated rings. The molecule has 0 saturated heterocycles. The van der Waals surface area contributed by atoms with Crippen LogP contribution in [0.15, 0.2) is 22.9 Å². The van der Waals surface area contributed by atoms with Crippen LogP contribution in [0.25, 0.3) is 9.75 Å². The fourth-order valence-corrected chi connectivity index (χ4v) is 7.57. The summed E-state index contributed by atoms with van der Waals surface area (Å²) in [5.74, 6) is 0. The molecule has 0 amide bonds. The van der Waals surface area contributed by atoms with Gasteiger partial charge in [-0.3, -0.25) is 0 Å². The summed E-state index contributed by atoms with van der Waals surface area (Å²) < 4.78 is 3.30. The van der Waals surface area contributed by atoms with Gasteiger partial charge in [-0.05, 0) is 0 Å². The van der Waals surface area contributed by atoms with Gasteiger partial charge in [-0.1, -0.05) is 0 Å². The Morgan fingerprint density at radius 3 is 1.77 bits per heavy atom. The molecular weight excluding hydrogens is 411 g/mol. The van der Waals surface area contributed by atoms with Crippen LogP contribution in [-0.4, -0.2) is 15.4 Å². The fourth-order valence-electron chi connectivity index (χ4n) is 1.31. The molecule has 58 valence electrons. The van der Waals surface area contributed by atoms with Crippen LogP contribution in [0.4, 0.5) is 0 Å². The van der Waals surface area contributed by atoms with Gasteiger partial charge in [0.05, 0.1) is 0 Å². The van der Waals surface area contributed by atoms with Crippen molar-refractivity contribution in [3.63, 3.8) is 0 Å². The summed E-state index contributed by atoms with van der Waals surface area (Å²) in [5, 5.41) is 4.44. The van der Waals surface area contributed by atoms with Crippen molar-refractivity contribution in [3.05, 3.63) is 22.9 Å². The molecule has 0 aliphatic carbocycles. The van der Waals surface area contributed by atoms with Crippen LogP contribution in [0.5, 0.6) is 0 Å². The first-order valence-electron chi connectivity index (χ1n) is 3.37. The molecule has 0 spiro atoms. The zero-order valence-electron chi connectivity index (χ0n) is 6.78. The van der Waals surface area contributed by atoms with E-state index in [0.717, 1.165) is 0 Å². The number of rotatable bonds is 0. The maximum absolute atomic E-state index is 2.30. The fraction of sp³-hybridized carbons (Fsp3) is 0. The Balaban J connectivity index is 0.000000422. The van der Waals surface area contributed by atoms with Gasteiger partial charge in [0.15, 0.2) is 0 Å². The monoisotopic (exact) mass is 416 g/mol. The summed E-state index contributed by atoms with van der Waals surface area (Å²) in [6, 6.07) is 4.60. The summed E-state index contributed by atoms with van der Waals surface area (Å²) in [7, 11) is 0. The number of thiophene rings is 2. The molecule has 3 rings (SSSR count). The average Bonchev–Trinajstić information content (AvgIpc) is 2.52. The van der Waals surface area contributed by atoms with E-state index in [1.165, 1.54) is 0 Å². The zero-order chi connectivity index (χ0) is 7.26. The van der Waals surface area contributed by atoms with Gasteiger partial charge in [-0.15, -0.1) is 0 Å². The van der Waals surface area contributed by atoms with Crippen LogP contribution in [0.1, 0.15) is 0 Å². The molecule has 0 unspecified atom stereocenters. The van der Waals surface area contributed by atoms with Crippen molar-refractivity contribution in [2.24, 2.45) is 0 Å². The molecule has 1 aliphatic heterocycles. The Hall–Kier alpha value is 2.15. The molecule has 3 heterocycles. The predicted octanol–water partition coefficient (Wildman–Crippen LogP) is 1.44. The Kier molecular flexibility index (Phi) is 5.56. The van der Waals surface area contributed by atoms with E-state index in [4.69, 9.17) is 0 Å². The van der Waals surface area contributed by atoms with E-state index in [-0.39, 0.29) is 80.8 Å². The van der Waals surface area contributed by atoms with Crippen molar-refractivity contribution in [1.29, 1.82) is 0 Å². The molecule has 4 radical (unpaired) electrons. The van der Waals surface area contributed by atoms with Gasteiger partial charge >= 0.3 is 79.5 Å². The van der Waals surface area contributed by atoms with E-state index in [2.05, 4.69) is 22.9 Å². The SMILES string of the molecule is [Y].[Y].c1c[c]2c(s1)-c1scc[c]1[Ge]2. The number of hydrogen-bond acceptors (Lipinski definition) is 2. The van der Waals surface area contributed by atoms with Gasteiger partial charge in [0.2, 0.25) is 0 Å². The third-order valence-corrected chi connectivity index (χ3v) is 7.44. The second-order valence-corrected chi connectivity index (χ2v) is 7.07. The van der Waals surface area contributed by atoms with Crippen LogP contribution in [-0.2, 0) is 65.4 Å². The van der Waals surface area contributed by atoms with Gasteiger partial charge in [-0.25, -0.2) is 0 Å². The topological polar surface area (TPSA) is 0 Å². The number of fused-ring (bicyclic) bond motifs is 3. The van der Waals surface area contributed by atoms with Gasteiger partial charge in [0.25, 0.3) is 0 Å². The summed E-state index contributed by atoms with van der Waals surface area (Å²) >= 11 is 3.87. The molecule has 5 heteroatoms. The molecule has 2 aromatic rings. The van der Waals surface area contributed by atoms with Gasteiger partial charge < -0.3 is 0 Å². The third kappa shape index (κ3) is 2.30. The van der Waals surface area contributed by atoms with Crippen molar-refractivity contribution >= 4 is 46.9 Å². The number of hydrogen-bond donors (Lipinski definition) is 0. The molecule has 2 aromatic heterocycles. The summed E-state index contributed by atoms with van der Waals surface area (Å²) in [6.07, 6.45) is 0. The predicted molar refractivity (Wildman–Crippen MR) is 52.7 cm³/mol. The molecule has 0 bridgehead atoms. The van der Waals surface area contributed by atoms with E-state index in [9.17, 15) is 0 Å². The Labute approximate surface area is 142 Å². The van der Waals surface area contributed by atoms with Gasteiger partial charge in [-0.2, -0.15) is 0 Å². The average molecular weight is 415 g/mol. The second kappa shape index (κ2) is 5.47. The molecule has 0 saturated carbocycles. The standard InChI is InChI=1S/C8H4GeS2.2Y/c1-3-10-7-5(1)9-6-2-4-11-8(6)7;;/h1-4H;;. The molecule has 13 heavy (non-hydrogen) atoms. The Morgan fingerprint density at radius 2 is 1.31 bits per heavy atom. The first-order chi connectivity index (χ1) is 5.45. The van der Waals surface area contributed by atoms with E-state index >= 15 is 0 Å². The van der Waals surface area contributed by atoms with Crippen molar-refractivity contribution in [1.82, 2.24) is 0 Å². The summed E-state index contributed by atoms with van der Waals surface area (Å²) in [5.41, 5.74) is 0. The van der Waals surface area contributed by atoms with Crippen LogP contribution in [0.3, 0.4) is 0 Å². The Morgan fingerprint density at radius 1 is 0.846 bits per heavy atom. The van der Waals surface area contributed by atoms with E-state index in [1.807, 2.05) is 22.7 Å². The summed E-state index contributed by atoms with van der Waals surface area (Å²) in [6.45, 7) is 0. The molecule has 0 nitrogen and oxygen atoms in total. The maximum atomic E-state index is 2.30. The summed E-state index contributed by atoms with van der Waals surface area (Å²) in [4.78, 5) is 3.13. The van der Waals surface area contributed by atoms with Crippen molar-refractivity contribution in [2.75, 3.05) is 0 Å². The first-order valence-corrected chi connectivity index (χ1v) is 7.23. The van der Waals surface area contributed by atoms with Gasteiger partial charge in [0.1, 0.15) is 0 Å². The van der Waals surface area contributed by atoms with Gasteiger partial charge in [0, 0.05) is 65.4 Å². The van der Waals surface area contributed by atoms with E-state index in [0.29, 0.717) is 0 Å². The van der Waals surface area contributed by atoms with Crippen LogP contribution in [0.2, 0.25) is 0 Å². The first kappa shape index (κ1) is 13.2. The molecular formula is C8H4GeS2Y2. The van der Waals surface area contributed by atoms with Crippen LogP contribution in [0, 0.1) is 0 Å². The molecule has 1 aliphatic rings. The van der Waals surface area contributed by atoms with Crippen LogP contribution < -0.4 is 8.79 Å². The molecule has 0 atom stereocenters. The third-order valence-electron chi connectivity index (χ3n) is 1.81. The van der Waals surface area contributed by atoms with E-state index in [1.54, 1.807) is 18.5 Å². The Bertz CT molecular complexity index is 369. The van der Waals surface area contributed by atoms with E-state index < -0.39 is 0 Å². The molecule has 0 N–H and O–H groups in total. The molecule has 0 aromatic carbocycles. The quantitative estimate of drug-likeness (QED) is 0.489. The van der Waals surface area contributed by atoms with Crippen LogP contribution >= 0.6 is 22.7 Å².